The van der Waals surface area contributed by atoms with Crippen LogP contribution in [0.1, 0.15) is 29.3 Å². The molecule has 0 unspecified atom stereocenters. The van der Waals surface area contributed by atoms with Crippen molar-refractivity contribution in [2.75, 3.05) is 10.2 Å². The van der Waals surface area contributed by atoms with Crippen molar-refractivity contribution in [2.45, 2.75) is 19.8 Å². The smallest absolute Gasteiger partial charge is 0.255 e. The van der Waals surface area contributed by atoms with Crippen LogP contribution in [0.2, 0.25) is 0 Å². The Kier molecular flexibility index (Phi) is 4.12. The molecule has 2 fully saturated rings. The Hall–Kier alpha value is -3.21. The maximum atomic E-state index is 13.0. The van der Waals surface area contributed by atoms with Crippen LogP contribution in [0, 0.1) is 23.7 Å². The highest BCUT2D eigenvalue weighted by Gasteiger charge is 2.59. The minimum atomic E-state index is -0.256. The summed E-state index contributed by atoms with van der Waals surface area (Å²) in [7, 11) is 0. The second-order valence-electron chi connectivity index (χ2n) is 8.03. The molecule has 1 N–H and O–H groups in total. The van der Waals surface area contributed by atoms with E-state index in [-0.39, 0.29) is 41.4 Å². The molecule has 2 bridgehead atoms. The number of aryl methyl sites for hydroxylation is 1. The third-order valence-corrected chi connectivity index (χ3v) is 6.48. The maximum absolute atomic E-state index is 13.0. The normalized spacial score (nSPS) is 26.9. The number of hydrogen-bond acceptors (Lipinski definition) is 3. The van der Waals surface area contributed by atoms with Crippen molar-refractivity contribution in [3.63, 3.8) is 0 Å². The van der Waals surface area contributed by atoms with Crippen LogP contribution in [0.5, 0.6) is 0 Å². The Morgan fingerprint density at radius 1 is 1.00 bits per heavy atom. The SMILES string of the molecule is CCc1ccccc1NC(=O)c1cccc(N2C(=O)[C@@H]3[C@@H](C2=O)[C@H]2C=C[C@@H]3C2)c1. The molecule has 1 heterocycles. The standard InChI is InChI=1S/C24H22N2O3/c1-2-14-6-3-4-9-19(14)25-22(27)17-7-5-8-18(13-17)26-23(28)20-15-10-11-16(12-15)21(20)24(26)29/h3-11,13,15-16,20-21H,2,12H2,1H3,(H,25,27)/t15-,16+,20-,21-/m0/s1. The zero-order valence-corrected chi connectivity index (χ0v) is 16.2. The highest BCUT2D eigenvalue weighted by atomic mass is 16.2. The largest absolute Gasteiger partial charge is 0.322 e. The van der Waals surface area contributed by atoms with Crippen LogP contribution in [0.4, 0.5) is 11.4 Å². The number of hydrogen-bond donors (Lipinski definition) is 1. The van der Waals surface area contributed by atoms with E-state index in [1.54, 1.807) is 24.3 Å². The molecule has 0 radical (unpaired) electrons. The Bertz CT molecular complexity index is 1030. The van der Waals surface area contributed by atoms with Crippen molar-refractivity contribution < 1.29 is 14.4 Å². The fraction of sp³-hybridized carbons (Fsp3) is 0.292. The number of carbonyl (C=O) groups excluding carboxylic acids is 3. The van der Waals surface area contributed by atoms with Gasteiger partial charge in [0.2, 0.25) is 11.8 Å². The van der Waals surface area contributed by atoms with Crippen LogP contribution in [0.3, 0.4) is 0 Å². The van der Waals surface area contributed by atoms with E-state index in [4.69, 9.17) is 0 Å². The molecule has 1 saturated heterocycles. The number of amides is 3. The van der Waals surface area contributed by atoms with Crippen LogP contribution >= 0.6 is 0 Å². The van der Waals surface area contributed by atoms with Crippen LogP contribution in [-0.4, -0.2) is 17.7 Å². The van der Waals surface area contributed by atoms with Crippen molar-refractivity contribution in [3.05, 3.63) is 71.8 Å². The Morgan fingerprint density at radius 3 is 2.38 bits per heavy atom. The molecule has 3 amide bonds. The summed E-state index contributed by atoms with van der Waals surface area (Å²) in [5.74, 6) is -0.671. The molecule has 4 atom stereocenters. The third kappa shape index (κ3) is 2.72. The lowest BCUT2D eigenvalue weighted by atomic mass is 9.85. The number of benzene rings is 2. The van der Waals surface area contributed by atoms with Gasteiger partial charge in [-0.1, -0.05) is 43.3 Å². The highest BCUT2D eigenvalue weighted by Crippen LogP contribution is 2.53. The maximum Gasteiger partial charge on any atom is 0.255 e. The number of para-hydroxylation sites is 1. The summed E-state index contributed by atoms with van der Waals surface area (Å²) in [6.07, 6.45) is 5.87. The Balaban J connectivity index is 1.41. The first-order chi connectivity index (χ1) is 14.1. The van der Waals surface area contributed by atoms with Gasteiger partial charge in [-0.05, 0) is 54.5 Å². The topological polar surface area (TPSA) is 66.5 Å². The van der Waals surface area contributed by atoms with Crippen molar-refractivity contribution in [2.24, 2.45) is 23.7 Å². The van der Waals surface area contributed by atoms with E-state index >= 15 is 0 Å². The van der Waals surface area contributed by atoms with Crippen molar-refractivity contribution >= 4 is 29.1 Å². The first-order valence-electron chi connectivity index (χ1n) is 10.1. The molecule has 29 heavy (non-hydrogen) atoms. The Morgan fingerprint density at radius 2 is 1.69 bits per heavy atom. The van der Waals surface area contributed by atoms with E-state index in [9.17, 15) is 14.4 Å². The van der Waals surface area contributed by atoms with Gasteiger partial charge in [0, 0.05) is 11.3 Å². The lowest BCUT2D eigenvalue weighted by Gasteiger charge is -2.18. The summed E-state index contributed by atoms with van der Waals surface area (Å²) in [6.45, 7) is 2.04. The van der Waals surface area contributed by atoms with E-state index in [2.05, 4.69) is 17.5 Å². The first kappa shape index (κ1) is 17.9. The molecular formula is C24H22N2O3. The van der Waals surface area contributed by atoms with Gasteiger partial charge in [-0.15, -0.1) is 0 Å². The van der Waals surface area contributed by atoms with Crippen LogP contribution < -0.4 is 10.2 Å². The van der Waals surface area contributed by atoms with E-state index in [0.29, 0.717) is 11.3 Å². The van der Waals surface area contributed by atoms with Gasteiger partial charge in [0.15, 0.2) is 0 Å². The van der Waals surface area contributed by atoms with Gasteiger partial charge in [0.1, 0.15) is 0 Å². The molecular weight excluding hydrogens is 364 g/mol. The van der Waals surface area contributed by atoms with Gasteiger partial charge in [-0.3, -0.25) is 14.4 Å². The minimum Gasteiger partial charge on any atom is -0.322 e. The molecule has 2 aliphatic carbocycles. The van der Waals surface area contributed by atoms with Gasteiger partial charge >= 0.3 is 0 Å². The molecule has 0 aromatic heterocycles. The summed E-state index contributed by atoms with van der Waals surface area (Å²) in [4.78, 5) is 40.1. The van der Waals surface area contributed by atoms with Gasteiger partial charge in [0.05, 0.1) is 17.5 Å². The van der Waals surface area contributed by atoms with Crippen LogP contribution in [0.15, 0.2) is 60.7 Å². The predicted octanol–water partition coefficient (Wildman–Crippen LogP) is 3.81. The van der Waals surface area contributed by atoms with E-state index < -0.39 is 0 Å². The molecule has 5 nitrogen and oxygen atoms in total. The fourth-order valence-electron chi connectivity index (χ4n) is 5.09. The number of carbonyl (C=O) groups is 3. The second kappa shape index (κ2) is 6.69. The molecule has 5 rings (SSSR count). The molecule has 5 heteroatoms. The van der Waals surface area contributed by atoms with Gasteiger partial charge in [-0.25, -0.2) is 4.90 Å². The summed E-state index contributed by atoms with van der Waals surface area (Å²) in [5.41, 5.74) is 2.73. The summed E-state index contributed by atoms with van der Waals surface area (Å²) in [5, 5.41) is 2.94. The molecule has 2 aromatic rings. The lowest BCUT2D eigenvalue weighted by molar-refractivity contribution is -0.123. The van der Waals surface area contributed by atoms with Crippen molar-refractivity contribution in [3.8, 4) is 0 Å². The number of nitrogens with one attached hydrogen (secondary N) is 1. The second-order valence-corrected chi connectivity index (χ2v) is 8.03. The number of anilines is 2. The minimum absolute atomic E-state index is 0.134. The van der Waals surface area contributed by atoms with Crippen LogP contribution in [0.25, 0.3) is 0 Å². The average Bonchev–Trinajstić information content (AvgIpc) is 3.42. The van der Waals surface area contributed by atoms with Gasteiger partial charge < -0.3 is 5.32 Å². The molecule has 2 aromatic carbocycles. The third-order valence-electron chi connectivity index (χ3n) is 6.48. The van der Waals surface area contributed by atoms with Gasteiger partial charge in [0.25, 0.3) is 5.91 Å². The zero-order valence-electron chi connectivity index (χ0n) is 16.2. The molecule has 3 aliphatic rings. The van der Waals surface area contributed by atoms with E-state index in [0.717, 1.165) is 24.1 Å². The quantitative estimate of drug-likeness (QED) is 0.642. The van der Waals surface area contributed by atoms with Crippen molar-refractivity contribution in [1.29, 1.82) is 0 Å². The predicted molar refractivity (Wildman–Crippen MR) is 110 cm³/mol. The van der Waals surface area contributed by atoms with Gasteiger partial charge in [-0.2, -0.15) is 0 Å². The zero-order chi connectivity index (χ0) is 20.1. The lowest BCUT2D eigenvalue weighted by Crippen LogP contribution is -2.33. The van der Waals surface area contributed by atoms with Crippen molar-refractivity contribution in [1.82, 2.24) is 0 Å². The number of fused-ring (bicyclic) bond motifs is 5. The first-order valence-corrected chi connectivity index (χ1v) is 10.1. The number of nitrogens with zero attached hydrogens (tertiary/aromatic N) is 1. The number of allylic oxidation sites excluding steroid dienone is 2. The summed E-state index contributed by atoms with van der Waals surface area (Å²) in [6, 6.07) is 14.5. The molecule has 1 saturated carbocycles. The summed E-state index contributed by atoms with van der Waals surface area (Å²) >= 11 is 0. The molecule has 0 spiro atoms. The van der Waals surface area contributed by atoms with Crippen LogP contribution in [-0.2, 0) is 16.0 Å². The van der Waals surface area contributed by atoms with E-state index in [1.165, 1.54) is 4.90 Å². The van der Waals surface area contributed by atoms with E-state index in [1.807, 2.05) is 31.2 Å². The average molecular weight is 386 g/mol. The Labute approximate surface area is 169 Å². The number of imide groups is 1. The highest BCUT2D eigenvalue weighted by molar-refractivity contribution is 6.23. The molecule has 146 valence electrons. The summed E-state index contributed by atoms with van der Waals surface area (Å²) < 4.78 is 0. The fourth-order valence-corrected chi connectivity index (χ4v) is 5.09. The molecule has 1 aliphatic heterocycles. The monoisotopic (exact) mass is 386 g/mol. The number of rotatable bonds is 4.